The highest BCUT2D eigenvalue weighted by Gasteiger charge is 2.50. The van der Waals surface area contributed by atoms with Crippen LogP contribution in [-0.2, 0) is 31.4 Å². The highest BCUT2D eigenvalue weighted by molar-refractivity contribution is 7.90. The molecule has 0 aromatic heterocycles. The number of nitrogens with one attached hydrogen (secondary N) is 1. The Bertz CT molecular complexity index is 1780. The van der Waals surface area contributed by atoms with Crippen LogP contribution in [0.15, 0.2) is 48.6 Å². The van der Waals surface area contributed by atoms with Crippen LogP contribution >= 0.6 is 11.6 Å². The second-order valence-corrected chi connectivity index (χ2v) is 18.5. The van der Waals surface area contributed by atoms with Crippen LogP contribution in [0.5, 0.6) is 5.75 Å². The third-order valence-corrected chi connectivity index (χ3v) is 14.4. The smallest absolute Gasteiger partial charge is 0.264 e. The third-order valence-electron chi connectivity index (χ3n) is 12.3. The predicted molar refractivity (Wildman–Crippen MR) is 202 cm³/mol. The molecule has 2 aromatic carbocycles. The number of ether oxygens (including phenoxy) is 2. The van der Waals surface area contributed by atoms with Gasteiger partial charge in [0.05, 0.1) is 23.1 Å². The molecule has 0 unspecified atom stereocenters. The molecular formula is C40H54ClN3O6S. The molecule has 278 valence electrons. The highest BCUT2D eigenvalue weighted by Crippen LogP contribution is 2.50. The number of ketones is 1. The molecule has 0 radical (unpaired) electrons. The number of carbonyl (C=O) groups is 2. The summed E-state index contributed by atoms with van der Waals surface area (Å²) in [5.41, 5.74) is 2.36. The number of methoxy groups -OCH3 is 1. The van der Waals surface area contributed by atoms with E-state index in [0.717, 1.165) is 42.8 Å². The van der Waals surface area contributed by atoms with Crippen molar-refractivity contribution in [2.45, 2.75) is 82.0 Å². The van der Waals surface area contributed by atoms with Gasteiger partial charge in [-0.25, -0.2) is 13.1 Å². The van der Waals surface area contributed by atoms with Crippen molar-refractivity contribution in [3.05, 3.63) is 70.3 Å². The van der Waals surface area contributed by atoms with Gasteiger partial charge in [0.25, 0.3) is 5.91 Å². The van der Waals surface area contributed by atoms with Crippen molar-refractivity contribution in [2.75, 3.05) is 52.3 Å². The fourth-order valence-corrected chi connectivity index (χ4v) is 10.4. The Kier molecular flexibility index (Phi) is 11.0. The number of sulfonamides is 1. The highest BCUT2D eigenvalue weighted by atomic mass is 35.5. The monoisotopic (exact) mass is 739 g/mol. The van der Waals surface area contributed by atoms with Crippen LogP contribution in [0.2, 0.25) is 5.02 Å². The number of nitrogens with zero attached hydrogens (tertiary/aromatic N) is 2. The van der Waals surface area contributed by atoms with Gasteiger partial charge < -0.3 is 19.3 Å². The van der Waals surface area contributed by atoms with Crippen LogP contribution in [-0.4, -0.2) is 83.3 Å². The van der Waals surface area contributed by atoms with E-state index < -0.39 is 26.8 Å². The molecule has 2 aliphatic carbocycles. The van der Waals surface area contributed by atoms with Crippen LogP contribution in [0.25, 0.3) is 0 Å². The van der Waals surface area contributed by atoms with Crippen LogP contribution in [0, 0.1) is 23.7 Å². The second kappa shape index (κ2) is 14.8. The van der Waals surface area contributed by atoms with Crippen molar-refractivity contribution in [1.82, 2.24) is 9.62 Å². The van der Waals surface area contributed by atoms with Crippen LogP contribution in [0.1, 0.15) is 80.8 Å². The molecule has 7 atom stereocenters. The van der Waals surface area contributed by atoms with E-state index in [-0.39, 0.29) is 46.9 Å². The maximum absolute atomic E-state index is 13.9. The molecule has 2 aromatic rings. The van der Waals surface area contributed by atoms with Gasteiger partial charge in [-0.05, 0) is 119 Å². The zero-order valence-corrected chi connectivity index (χ0v) is 32.5. The van der Waals surface area contributed by atoms with Crippen LogP contribution in [0.3, 0.4) is 0 Å². The number of anilines is 1. The number of hydrogen-bond donors (Lipinski definition) is 1. The van der Waals surface area contributed by atoms with Crippen LogP contribution < -0.4 is 14.4 Å². The first-order chi connectivity index (χ1) is 24.2. The van der Waals surface area contributed by atoms with E-state index in [9.17, 15) is 18.0 Å². The quantitative estimate of drug-likeness (QED) is 0.339. The maximum atomic E-state index is 13.9. The molecule has 1 saturated carbocycles. The van der Waals surface area contributed by atoms with E-state index in [1.54, 1.807) is 32.2 Å². The van der Waals surface area contributed by atoms with Gasteiger partial charge >= 0.3 is 0 Å². The lowest BCUT2D eigenvalue weighted by molar-refractivity contribution is -0.134. The molecular weight excluding hydrogens is 686 g/mol. The van der Waals surface area contributed by atoms with Gasteiger partial charge in [0, 0.05) is 55.1 Å². The summed E-state index contributed by atoms with van der Waals surface area (Å²) in [6, 6.07) is 11.4. The second-order valence-electron chi connectivity index (χ2n) is 16.0. The van der Waals surface area contributed by atoms with Gasteiger partial charge in [0.1, 0.15) is 11.5 Å². The first-order valence-corrected chi connectivity index (χ1v) is 20.4. The van der Waals surface area contributed by atoms with Gasteiger partial charge in [-0.15, -0.1) is 0 Å². The molecule has 6 rings (SSSR count). The summed E-state index contributed by atoms with van der Waals surface area (Å²) in [7, 11) is 1.65. The molecule has 2 heterocycles. The minimum absolute atomic E-state index is 0.0612. The average molecular weight is 740 g/mol. The number of aryl methyl sites for hydroxylation is 1. The molecule has 51 heavy (non-hydrogen) atoms. The Morgan fingerprint density at radius 3 is 2.67 bits per heavy atom. The normalized spacial score (nSPS) is 31.7. The molecule has 1 spiro atoms. The summed E-state index contributed by atoms with van der Waals surface area (Å²) in [6.45, 7) is 7.93. The zero-order valence-electron chi connectivity index (χ0n) is 30.9. The van der Waals surface area contributed by atoms with Crippen molar-refractivity contribution >= 4 is 39.0 Å². The summed E-state index contributed by atoms with van der Waals surface area (Å²) >= 11 is 6.47. The molecule has 11 heteroatoms. The van der Waals surface area contributed by atoms with E-state index in [1.165, 1.54) is 11.1 Å². The van der Waals surface area contributed by atoms with Crippen molar-refractivity contribution < 1.29 is 27.5 Å². The SMILES string of the molecule is CO[C@@]1(CC(=O)[C@H](C)CN(C)C)/C=C/C[C@H](C)[C@@H](C)S(=O)(=O)NC(=O)c2ccc3c(c2)N(C[C@@H]2CC[C@H]21)C[C@@]1(CCCc2cc(Cl)ccc21)CO3. The third kappa shape index (κ3) is 7.62. The topological polar surface area (TPSA) is 105 Å². The van der Waals surface area contributed by atoms with Gasteiger partial charge in [0.2, 0.25) is 10.0 Å². The first kappa shape index (κ1) is 37.8. The van der Waals surface area contributed by atoms with E-state index in [4.69, 9.17) is 21.1 Å². The summed E-state index contributed by atoms with van der Waals surface area (Å²) < 4.78 is 42.5. The van der Waals surface area contributed by atoms with E-state index in [0.29, 0.717) is 38.4 Å². The Labute approximate surface area is 309 Å². The standard InChI is InChI=1S/C40H54ClN3O6S/c1-26-9-7-18-40(49-6,21-36(45)27(2)22-43(4)5)34-14-11-31(34)23-44-24-39(17-8-10-29-19-32(41)13-15-33(29)39)25-50-37-16-12-30(20-35(37)44)38(46)42-51(47,48)28(26)3/h7,12-13,15-16,18-20,26-28,31,34H,8-11,14,17,21-25H2,1-6H3,(H,42,46)/b18-7+/t26-,27+,28+,31-,34+,39-,40+/m0/s1. The lowest BCUT2D eigenvalue weighted by Crippen LogP contribution is -2.54. The maximum Gasteiger partial charge on any atom is 0.264 e. The molecule has 2 aliphatic heterocycles. The van der Waals surface area contributed by atoms with Gasteiger partial charge in [-0.1, -0.05) is 43.7 Å². The molecule has 9 nitrogen and oxygen atoms in total. The molecule has 1 fully saturated rings. The van der Waals surface area contributed by atoms with Gasteiger partial charge in [0.15, 0.2) is 0 Å². The number of hydrogen-bond acceptors (Lipinski definition) is 8. The lowest BCUT2D eigenvalue weighted by atomic mass is 9.62. The number of amides is 1. The van der Waals surface area contributed by atoms with Crippen LogP contribution in [0.4, 0.5) is 5.69 Å². The van der Waals surface area contributed by atoms with Crippen molar-refractivity contribution in [3.8, 4) is 5.75 Å². The van der Waals surface area contributed by atoms with Crippen molar-refractivity contribution in [2.24, 2.45) is 23.7 Å². The number of carbonyl (C=O) groups excluding carboxylic acids is 2. The van der Waals surface area contributed by atoms with E-state index in [2.05, 4.69) is 21.8 Å². The Morgan fingerprint density at radius 2 is 1.96 bits per heavy atom. The number of allylic oxidation sites excluding steroid dienone is 1. The number of fused-ring (bicyclic) bond motifs is 4. The van der Waals surface area contributed by atoms with Gasteiger partial charge in [-0.3, -0.25) is 9.59 Å². The van der Waals surface area contributed by atoms with Crippen molar-refractivity contribution in [1.29, 1.82) is 0 Å². The number of benzene rings is 2. The number of Topliss-reactive ketones (excluding diaryl/α,β-unsaturated/α-hetero) is 1. The number of rotatable bonds is 6. The average Bonchev–Trinajstić information content (AvgIpc) is 3.21. The Hall–Kier alpha value is -2.92. The summed E-state index contributed by atoms with van der Waals surface area (Å²) in [5, 5.41) is -0.117. The molecule has 1 amide bonds. The zero-order chi connectivity index (χ0) is 36.7. The fraction of sp³-hybridized carbons (Fsp3) is 0.600. The molecule has 1 N–H and O–H groups in total. The minimum Gasteiger partial charge on any atom is -0.490 e. The summed E-state index contributed by atoms with van der Waals surface area (Å²) in [5.74, 6) is -0.0411. The van der Waals surface area contributed by atoms with Crippen molar-refractivity contribution in [3.63, 3.8) is 0 Å². The van der Waals surface area contributed by atoms with E-state index >= 15 is 0 Å². The molecule has 4 aliphatic rings. The predicted octanol–water partition coefficient (Wildman–Crippen LogP) is 6.43. The largest absolute Gasteiger partial charge is 0.490 e. The minimum atomic E-state index is -4.00. The Morgan fingerprint density at radius 1 is 1.18 bits per heavy atom. The Balaban J connectivity index is 1.45. The first-order valence-electron chi connectivity index (χ1n) is 18.4. The molecule has 2 bridgehead atoms. The lowest BCUT2D eigenvalue weighted by Gasteiger charge is -2.50. The fourth-order valence-electron chi connectivity index (χ4n) is 8.93. The summed E-state index contributed by atoms with van der Waals surface area (Å²) in [4.78, 5) is 31.8. The van der Waals surface area contributed by atoms with Gasteiger partial charge in [-0.2, -0.15) is 0 Å². The number of halogens is 1. The summed E-state index contributed by atoms with van der Waals surface area (Å²) in [6.07, 6.45) is 9.51. The molecule has 0 saturated heterocycles. The van der Waals surface area contributed by atoms with E-state index in [1.807, 2.05) is 51.1 Å².